The molecule has 1 aromatic carbocycles. The van der Waals surface area contributed by atoms with Crippen LogP contribution in [0, 0.1) is 5.92 Å². The number of hydrogen-bond donors (Lipinski definition) is 4. The first-order chi connectivity index (χ1) is 14.3. The number of carboxylic acid groups (broad SMARTS) is 1. The van der Waals surface area contributed by atoms with Crippen LogP contribution in [0.25, 0.3) is 0 Å². The summed E-state index contributed by atoms with van der Waals surface area (Å²) < 4.78 is 17.5. The van der Waals surface area contributed by atoms with E-state index in [2.05, 4.69) is 5.32 Å². The standard InChI is InChI=1S/C21H35N2O6P/c1-2-17(13-15-23-20(24)12-11-18-8-4-3-5-9-18)16-30(27,28)29-19(21(25)26)10-6-7-14-22/h3-5,8-9,17,19H,2,6-7,10-16,22H2,1H3,(H,23,24)(H,25,26)(H,27,28)/t17?,19-/m0/s1. The number of carboxylic acids is 1. The van der Waals surface area contributed by atoms with Crippen molar-refractivity contribution in [2.75, 3.05) is 19.3 Å². The molecule has 30 heavy (non-hydrogen) atoms. The van der Waals surface area contributed by atoms with Crippen molar-refractivity contribution in [3.63, 3.8) is 0 Å². The highest BCUT2D eigenvalue weighted by Crippen LogP contribution is 2.46. The predicted molar refractivity (Wildman–Crippen MR) is 116 cm³/mol. The van der Waals surface area contributed by atoms with Gasteiger partial charge in [-0.3, -0.25) is 13.9 Å². The first kappa shape index (κ1) is 26.3. The third-order valence-corrected chi connectivity index (χ3v) is 6.47. The molecule has 0 aliphatic carbocycles. The van der Waals surface area contributed by atoms with Gasteiger partial charge in [-0.15, -0.1) is 0 Å². The highest BCUT2D eigenvalue weighted by Gasteiger charge is 2.31. The number of nitrogens with two attached hydrogens (primary N) is 1. The number of benzene rings is 1. The summed E-state index contributed by atoms with van der Waals surface area (Å²) in [4.78, 5) is 33.5. The number of unbranched alkanes of at least 4 members (excludes halogenated alkanes) is 1. The fourth-order valence-electron chi connectivity index (χ4n) is 3.09. The molecule has 0 fully saturated rings. The molecule has 0 heterocycles. The van der Waals surface area contributed by atoms with Gasteiger partial charge in [-0.25, -0.2) is 4.79 Å². The van der Waals surface area contributed by atoms with Crippen LogP contribution in [0.4, 0.5) is 0 Å². The van der Waals surface area contributed by atoms with Crippen molar-refractivity contribution < 1.29 is 28.7 Å². The van der Waals surface area contributed by atoms with Crippen LogP contribution in [0.2, 0.25) is 0 Å². The van der Waals surface area contributed by atoms with Crippen molar-refractivity contribution in [1.82, 2.24) is 5.32 Å². The highest BCUT2D eigenvalue weighted by molar-refractivity contribution is 7.52. The van der Waals surface area contributed by atoms with Crippen LogP contribution >= 0.6 is 7.60 Å². The maximum absolute atomic E-state index is 12.4. The van der Waals surface area contributed by atoms with E-state index in [1.807, 2.05) is 37.3 Å². The van der Waals surface area contributed by atoms with E-state index in [1.54, 1.807) is 0 Å². The number of nitrogens with one attached hydrogen (secondary N) is 1. The van der Waals surface area contributed by atoms with E-state index in [-0.39, 0.29) is 24.4 Å². The lowest BCUT2D eigenvalue weighted by atomic mass is 10.1. The smallest absolute Gasteiger partial charge is 0.333 e. The van der Waals surface area contributed by atoms with Crippen molar-refractivity contribution in [1.29, 1.82) is 0 Å². The number of aliphatic carboxylic acids is 1. The summed E-state index contributed by atoms with van der Waals surface area (Å²) in [6, 6.07) is 9.74. The number of hydrogen-bond acceptors (Lipinski definition) is 5. The zero-order chi connectivity index (χ0) is 22.4. The van der Waals surface area contributed by atoms with E-state index in [9.17, 15) is 24.2 Å². The summed E-state index contributed by atoms with van der Waals surface area (Å²) in [5.41, 5.74) is 6.49. The van der Waals surface area contributed by atoms with Crippen molar-refractivity contribution in [2.45, 2.75) is 58.0 Å². The zero-order valence-corrected chi connectivity index (χ0v) is 18.6. The molecule has 2 unspecified atom stereocenters. The van der Waals surface area contributed by atoms with Crippen molar-refractivity contribution in [3.05, 3.63) is 35.9 Å². The largest absolute Gasteiger partial charge is 0.479 e. The van der Waals surface area contributed by atoms with Crippen LogP contribution in [0.5, 0.6) is 0 Å². The minimum atomic E-state index is -4.07. The Morgan fingerprint density at radius 1 is 1.20 bits per heavy atom. The molecule has 0 radical (unpaired) electrons. The molecule has 1 rings (SSSR count). The Labute approximate surface area is 178 Å². The fraction of sp³-hybridized carbons (Fsp3) is 0.619. The molecule has 0 aliphatic heterocycles. The maximum atomic E-state index is 12.4. The van der Waals surface area contributed by atoms with Gasteiger partial charge in [0.1, 0.15) is 0 Å². The van der Waals surface area contributed by atoms with E-state index in [0.717, 1.165) is 5.56 Å². The number of carbonyl (C=O) groups excluding carboxylic acids is 1. The number of aryl methyl sites for hydroxylation is 1. The molecule has 1 amide bonds. The lowest BCUT2D eigenvalue weighted by molar-refractivity contribution is -0.145. The van der Waals surface area contributed by atoms with Crippen LogP contribution < -0.4 is 11.1 Å². The maximum Gasteiger partial charge on any atom is 0.333 e. The summed E-state index contributed by atoms with van der Waals surface area (Å²) in [6.07, 6.45) is 2.02. The van der Waals surface area contributed by atoms with Crippen molar-refractivity contribution in [2.24, 2.45) is 11.7 Å². The average molecular weight is 442 g/mol. The summed E-state index contributed by atoms with van der Waals surface area (Å²) in [5.74, 6) is -1.48. The van der Waals surface area contributed by atoms with Crippen molar-refractivity contribution >= 4 is 19.5 Å². The third kappa shape index (κ3) is 11.5. The number of amides is 1. The van der Waals surface area contributed by atoms with Crippen LogP contribution in [-0.4, -0.2) is 47.2 Å². The van der Waals surface area contributed by atoms with Gasteiger partial charge in [-0.05, 0) is 50.1 Å². The molecule has 5 N–H and O–H groups in total. The topological polar surface area (TPSA) is 139 Å². The minimum absolute atomic E-state index is 0.0667. The predicted octanol–water partition coefficient (Wildman–Crippen LogP) is 2.94. The SMILES string of the molecule is CCC(CCNC(=O)CCc1ccccc1)CP(=O)(O)O[C@@H](CCCCN)C(=O)O. The van der Waals surface area contributed by atoms with Crippen LogP contribution in [-0.2, 0) is 25.1 Å². The Balaban J connectivity index is 2.40. The molecule has 0 saturated heterocycles. The van der Waals surface area contributed by atoms with E-state index in [4.69, 9.17) is 10.3 Å². The molecule has 0 spiro atoms. The normalized spacial score (nSPS) is 15.2. The molecule has 9 heteroatoms. The molecule has 170 valence electrons. The van der Waals surface area contributed by atoms with Gasteiger partial charge in [-0.2, -0.15) is 0 Å². The van der Waals surface area contributed by atoms with Gasteiger partial charge in [0.05, 0.1) is 6.16 Å². The van der Waals surface area contributed by atoms with Gasteiger partial charge in [0.25, 0.3) is 0 Å². The summed E-state index contributed by atoms with van der Waals surface area (Å²) in [6.45, 7) is 2.71. The Morgan fingerprint density at radius 2 is 1.90 bits per heavy atom. The molecule has 0 aliphatic rings. The highest BCUT2D eigenvalue weighted by atomic mass is 31.2. The van der Waals surface area contributed by atoms with Gasteiger partial charge >= 0.3 is 13.6 Å². The van der Waals surface area contributed by atoms with Crippen LogP contribution in [0.3, 0.4) is 0 Å². The molecule has 0 aromatic heterocycles. The summed E-state index contributed by atoms with van der Waals surface area (Å²) in [7, 11) is -4.07. The second-order valence-corrected chi connectivity index (χ2v) is 9.29. The van der Waals surface area contributed by atoms with Crippen LogP contribution in [0.15, 0.2) is 30.3 Å². The molecule has 0 saturated carbocycles. The van der Waals surface area contributed by atoms with E-state index < -0.39 is 19.7 Å². The lowest BCUT2D eigenvalue weighted by Gasteiger charge is -2.22. The number of rotatable bonds is 16. The lowest BCUT2D eigenvalue weighted by Crippen LogP contribution is -2.27. The Bertz CT molecular complexity index is 685. The zero-order valence-electron chi connectivity index (χ0n) is 17.7. The molecule has 8 nitrogen and oxygen atoms in total. The Kier molecular flexibility index (Phi) is 12.5. The van der Waals surface area contributed by atoms with Gasteiger partial charge in [0.2, 0.25) is 5.91 Å². The average Bonchev–Trinajstić information content (AvgIpc) is 2.71. The van der Waals surface area contributed by atoms with Gasteiger partial charge in [0, 0.05) is 13.0 Å². The van der Waals surface area contributed by atoms with E-state index in [0.29, 0.717) is 51.6 Å². The van der Waals surface area contributed by atoms with Crippen molar-refractivity contribution in [3.8, 4) is 0 Å². The second-order valence-electron chi connectivity index (χ2n) is 7.44. The molecule has 3 atom stereocenters. The third-order valence-electron chi connectivity index (χ3n) is 4.91. The van der Waals surface area contributed by atoms with Gasteiger partial charge < -0.3 is 21.1 Å². The quantitative estimate of drug-likeness (QED) is 0.228. The fourth-order valence-corrected chi connectivity index (χ4v) is 4.87. The first-order valence-electron chi connectivity index (χ1n) is 10.5. The Morgan fingerprint density at radius 3 is 2.50 bits per heavy atom. The Hall–Kier alpha value is -1.73. The molecule has 0 bridgehead atoms. The van der Waals surface area contributed by atoms with E-state index in [1.165, 1.54) is 0 Å². The van der Waals surface area contributed by atoms with Gasteiger partial charge in [0.15, 0.2) is 6.10 Å². The summed E-state index contributed by atoms with van der Waals surface area (Å²) >= 11 is 0. The first-order valence-corrected chi connectivity index (χ1v) is 12.3. The number of carbonyl (C=O) groups is 2. The van der Waals surface area contributed by atoms with Gasteiger partial charge in [-0.1, -0.05) is 43.7 Å². The monoisotopic (exact) mass is 442 g/mol. The van der Waals surface area contributed by atoms with Crippen LogP contribution in [0.1, 0.15) is 51.0 Å². The minimum Gasteiger partial charge on any atom is -0.479 e. The molecular weight excluding hydrogens is 407 g/mol. The second kappa shape index (κ2) is 14.3. The molecular formula is C21H35N2O6P. The molecule has 1 aromatic rings. The summed E-state index contributed by atoms with van der Waals surface area (Å²) in [5, 5.41) is 12.1. The van der Waals surface area contributed by atoms with E-state index >= 15 is 0 Å².